The molecule has 22 valence electrons. The van der Waals surface area contributed by atoms with Gasteiger partial charge in [0.2, 0.25) is 0 Å². The molecule has 0 atom stereocenters. The summed E-state index contributed by atoms with van der Waals surface area (Å²) in [6, 6.07) is 0. The molecule has 0 spiro atoms. The molecule has 0 aliphatic rings. The summed E-state index contributed by atoms with van der Waals surface area (Å²) in [6.07, 6.45) is 0. The van der Waals surface area contributed by atoms with Gasteiger partial charge < -0.3 is 5.11 Å². The first-order chi connectivity index (χ1) is 1.41. The fourth-order valence-corrected chi connectivity index (χ4v) is 0. The summed E-state index contributed by atoms with van der Waals surface area (Å²) in [5.41, 5.74) is 0. The molecular weight excluding hydrogens is 251 g/mol. The number of hydrogen-bond donors (Lipinski definition) is 1. The molecule has 0 unspecified atom stereocenters. The summed E-state index contributed by atoms with van der Waals surface area (Å²) in [6.45, 7) is -0.250. The van der Waals surface area contributed by atoms with Gasteiger partial charge in [-0.3, -0.25) is 4.79 Å². The first-order valence-electron chi connectivity index (χ1n) is 0.494. The molecule has 0 aliphatic carbocycles. The van der Waals surface area contributed by atoms with Gasteiger partial charge in [-0.2, -0.15) is 0 Å². The number of hydrogen-bond acceptors (Lipinski definition) is 1. The number of rotatable bonds is 0. The number of carbonyl (C=O) groups is 1. The van der Waals surface area contributed by atoms with Crippen molar-refractivity contribution >= 4 is 33.8 Å². The van der Waals surface area contributed by atoms with Crippen LogP contribution in [0.5, 0.6) is 0 Å². The standard InChI is InChI=1S/CH2O2.Pb/c2-1-3;/h1H,(H,2,3);. The molecule has 0 bridgehead atoms. The van der Waals surface area contributed by atoms with E-state index in [9.17, 15) is 0 Å². The van der Waals surface area contributed by atoms with E-state index < -0.39 is 0 Å². The van der Waals surface area contributed by atoms with E-state index in [0.717, 1.165) is 0 Å². The van der Waals surface area contributed by atoms with Gasteiger partial charge in [0.1, 0.15) is 0 Å². The predicted molar refractivity (Wildman–Crippen MR) is 14.4 cm³/mol. The Morgan fingerprint density at radius 3 is 1.75 bits per heavy atom. The van der Waals surface area contributed by atoms with E-state index in [2.05, 4.69) is 0 Å². The molecule has 0 heterocycles. The molecule has 0 saturated heterocycles. The molecule has 1 N–H and O–H groups in total. The maximum absolute atomic E-state index is 8.36. The van der Waals surface area contributed by atoms with E-state index >= 15 is 0 Å². The van der Waals surface area contributed by atoms with Crippen molar-refractivity contribution in [2.75, 3.05) is 0 Å². The first kappa shape index (κ1) is 8.83. The Balaban J connectivity index is 0. The normalized spacial score (nSPS) is 3.00. The van der Waals surface area contributed by atoms with E-state index in [1.54, 1.807) is 0 Å². The maximum atomic E-state index is 8.36. The van der Waals surface area contributed by atoms with E-state index in [1.165, 1.54) is 0 Å². The van der Waals surface area contributed by atoms with E-state index in [1.807, 2.05) is 0 Å². The van der Waals surface area contributed by atoms with Crippen LogP contribution in [-0.2, 0) is 4.79 Å². The Morgan fingerprint density at radius 2 is 1.75 bits per heavy atom. The van der Waals surface area contributed by atoms with Crippen molar-refractivity contribution in [3.05, 3.63) is 0 Å². The molecule has 4 radical (unpaired) electrons. The van der Waals surface area contributed by atoms with Crippen LogP contribution in [0.3, 0.4) is 0 Å². The SMILES string of the molecule is O=CO.[Pb]. The molecule has 4 heavy (non-hydrogen) atoms. The fraction of sp³-hybridized carbons (Fsp3) is 0. The van der Waals surface area contributed by atoms with Gasteiger partial charge in [-0.25, -0.2) is 0 Å². The minimum atomic E-state index is -0.250. The van der Waals surface area contributed by atoms with Gasteiger partial charge in [0.15, 0.2) is 0 Å². The van der Waals surface area contributed by atoms with Crippen LogP contribution in [0, 0.1) is 0 Å². The second kappa shape index (κ2) is 10.0. The molecule has 2 nitrogen and oxygen atoms in total. The number of carboxylic acid groups (broad SMARTS) is 1. The average molecular weight is 253 g/mol. The van der Waals surface area contributed by atoms with Crippen LogP contribution in [0.15, 0.2) is 0 Å². The molecule has 3 heteroatoms. The molecule has 0 amide bonds. The van der Waals surface area contributed by atoms with Crippen molar-refractivity contribution in [3.63, 3.8) is 0 Å². The van der Waals surface area contributed by atoms with E-state index in [0.29, 0.717) is 0 Å². The maximum Gasteiger partial charge on any atom is 0.290 e. The van der Waals surface area contributed by atoms with Crippen LogP contribution >= 0.6 is 0 Å². The second-order valence-electron chi connectivity index (χ2n) is 0.105. The average Bonchev–Trinajstić information content (AvgIpc) is 0.918. The summed E-state index contributed by atoms with van der Waals surface area (Å²) in [5.74, 6) is 0. The fourth-order valence-electron chi connectivity index (χ4n) is 0. The van der Waals surface area contributed by atoms with Crippen LogP contribution in [-0.4, -0.2) is 38.9 Å². The van der Waals surface area contributed by atoms with E-state index in [4.69, 9.17) is 9.90 Å². The van der Waals surface area contributed by atoms with Gasteiger partial charge in [-0.1, -0.05) is 0 Å². The molecule has 0 fully saturated rings. The Kier molecular flexibility index (Phi) is 22.1. The summed E-state index contributed by atoms with van der Waals surface area (Å²) >= 11 is 0. The van der Waals surface area contributed by atoms with Gasteiger partial charge >= 0.3 is 0 Å². The van der Waals surface area contributed by atoms with Gasteiger partial charge in [0.05, 0.1) is 0 Å². The topological polar surface area (TPSA) is 37.3 Å². The third-order valence-corrected chi connectivity index (χ3v) is 0. The zero-order valence-corrected chi connectivity index (χ0v) is 5.82. The van der Waals surface area contributed by atoms with Crippen molar-refractivity contribution in [3.8, 4) is 0 Å². The molecule has 0 aromatic carbocycles. The van der Waals surface area contributed by atoms with Crippen LogP contribution in [0.1, 0.15) is 0 Å². The molecule has 0 aliphatic heterocycles. The first-order valence-corrected chi connectivity index (χ1v) is 0.494. The summed E-state index contributed by atoms with van der Waals surface area (Å²) < 4.78 is 0. The van der Waals surface area contributed by atoms with Crippen molar-refractivity contribution in [1.29, 1.82) is 0 Å². The zero-order valence-electron chi connectivity index (χ0n) is 1.93. The van der Waals surface area contributed by atoms with Crippen LogP contribution in [0.4, 0.5) is 0 Å². The molecule has 0 saturated carbocycles. The summed E-state index contributed by atoms with van der Waals surface area (Å²) in [5, 5.41) is 6.89. The molecule has 0 aromatic rings. The Bertz CT molecular complexity index is 13.5. The minimum Gasteiger partial charge on any atom is -0.483 e. The van der Waals surface area contributed by atoms with Crippen molar-refractivity contribution < 1.29 is 9.90 Å². The van der Waals surface area contributed by atoms with Crippen molar-refractivity contribution in [2.45, 2.75) is 0 Å². The largest absolute Gasteiger partial charge is 0.483 e. The zero-order chi connectivity index (χ0) is 2.71. The van der Waals surface area contributed by atoms with E-state index in [-0.39, 0.29) is 33.8 Å². The summed E-state index contributed by atoms with van der Waals surface area (Å²) in [4.78, 5) is 8.36. The second-order valence-corrected chi connectivity index (χ2v) is 0.105. The molecule has 0 rings (SSSR count). The Morgan fingerprint density at radius 1 is 1.75 bits per heavy atom. The van der Waals surface area contributed by atoms with Gasteiger partial charge in [0, 0.05) is 27.3 Å². The smallest absolute Gasteiger partial charge is 0.290 e. The Labute approximate surface area is 44.0 Å². The third kappa shape index (κ3) is 30.2. The van der Waals surface area contributed by atoms with Gasteiger partial charge in [-0.15, -0.1) is 0 Å². The Hall–Kier alpha value is 0.392. The van der Waals surface area contributed by atoms with Crippen molar-refractivity contribution in [1.82, 2.24) is 0 Å². The molecule has 0 aromatic heterocycles. The van der Waals surface area contributed by atoms with Crippen LogP contribution < -0.4 is 0 Å². The minimum absolute atomic E-state index is 0. The third-order valence-electron chi connectivity index (χ3n) is 0. The van der Waals surface area contributed by atoms with Gasteiger partial charge in [0.25, 0.3) is 6.47 Å². The van der Waals surface area contributed by atoms with Crippen LogP contribution in [0.2, 0.25) is 0 Å². The van der Waals surface area contributed by atoms with Gasteiger partial charge in [-0.05, 0) is 0 Å². The molecular formula is CH2O2Pb. The van der Waals surface area contributed by atoms with Crippen LogP contribution in [0.25, 0.3) is 0 Å². The predicted octanol–water partition coefficient (Wildman–Crippen LogP) is -0.680. The quantitative estimate of drug-likeness (QED) is 0.459. The summed E-state index contributed by atoms with van der Waals surface area (Å²) in [7, 11) is 0. The monoisotopic (exact) mass is 254 g/mol. The van der Waals surface area contributed by atoms with Crippen molar-refractivity contribution in [2.24, 2.45) is 0 Å².